The van der Waals surface area contributed by atoms with E-state index in [2.05, 4.69) is 27.7 Å². The standard InChI is InChI=1S/C19H43NO4Si/c1-6-10-14-22-25(23-15-11-7-2,24-16-12-8-3)19(13-9-4)21-17-18(5)20/h18-19H,6-17,20H2,1-5H3. The summed E-state index contributed by atoms with van der Waals surface area (Å²) in [4.78, 5) is 0. The molecule has 2 atom stereocenters. The van der Waals surface area contributed by atoms with E-state index >= 15 is 0 Å². The topological polar surface area (TPSA) is 62.9 Å². The zero-order valence-electron chi connectivity index (χ0n) is 17.4. The van der Waals surface area contributed by atoms with Crippen LogP contribution in [-0.2, 0) is 18.0 Å². The van der Waals surface area contributed by atoms with Crippen LogP contribution < -0.4 is 5.73 Å². The Kier molecular flexibility index (Phi) is 16.2. The predicted octanol–water partition coefficient (Wildman–Crippen LogP) is 4.45. The summed E-state index contributed by atoms with van der Waals surface area (Å²) >= 11 is 0. The van der Waals surface area contributed by atoms with Crippen LogP contribution in [0.1, 0.15) is 86.0 Å². The van der Waals surface area contributed by atoms with Gasteiger partial charge in [0.2, 0.25) is 0 Å². The second kappa shape index (κ2) is 16.2. The molecule has 0 rings (SSSR count). The molecule has 0 saturated heterocycles. The molecular weight excluding hydrogens is 334 g/mol. The Morgan fingerprint density at radius 1 is 0.760 bits per heavy atom. The Hall–Kier alpha value is 0.0169. The van der Waals surface area contributed by atoms with Crippen molar-refractivity contribution in [2.45, 2.75) is 97.8 Å². The molecule has 0 radical (unpaired) electrons. The van der Waals surface area contributed by atoms with Crippen molar-refractivity contribution in [3.63, 3.8) is 0 Å². The van der Waals surface area contributed by atoms with E-state index in [1.54, 1.807) is 0 Å². The van der Waals surface area contributed by atoms with Gasteiger partial charge in [0.1, 0.15) is 5.73 Å². The molecule has 2 N–H and O–H groups in total. The fourth-order valence-corrected chi connectivity index (χ4v) is 5.41. The smallest absolute Gasteiger partial charge is 0.372 e. The van der Waals surface area contributed by atoms with Crippen LogP contribution in [0, 0.1) is 0 Å². The molecule has 0 amide bonds. The summed E-state index contributed by atoms with van der Waals surface area (Å²) in [5.41, 5.74) is 5.78. The summed E-state index contributed by atoms with van der Waals surface area (Å²) in [6.07, 6.45) is 8.18. The Morgan fingerprint density at radius 3 is 1.52 bits per heavy atom. The first-order chi connectivity index (χ1) is 12.1. The fraction of sp³-hybridized carbons (Fsp3) is 1.00. The third-order valence-electron chi connectivity index (χ3n) is 3.91. The van der Waals surface area contributed by atoms with Crippen LogP contribution >= 0.6 is 0 Å². The number of nitrogens with two attached hydrogens (primary N) is 1. The van der Waals surface area contributed by atoms with Crippen LogP contribution in [0.15, 0.2) is 0 Å². The zero-order chi connectivity index (χ0) is 19.0. The number of hydrogen-bond donors (Lipinski definition) is 1. The second-order valence-electron chi connectivity index (χ2n) is 6.80. The first-order valence-electron chi connectivity index (χ1n) is 10.3. The predicted molar refractivity (Wildman–Crippen MR) is 107 cm³/mol. The lowest BCUT2D eigenvalue weighted by molar-refractivity contribution is -0.0221. The maximum absolute atomic E-state index is 6.34. The summed E-state index contributed by atoms with van der Waals surface area (Å²) in [5.74, 6) is 0. The molecule has 0 aromatic carbocycles. The van der Waals surface area contributed by atoms with E-state index < -0.39 is 8.80 Å². The number of hydrogen-bond acceptors (Lipinski definition) is 5. The maximum atomic E-state index is 6.34. The van der Waals surface area contributed by atoms with Gasteiger partial charge in [0.15, 0.2) is 0 Å². The molecule has 6 heteroatoms. The van der Waals surface area contributed by atoms with Gasteiger partial charge in [0.05, 0.1) is 6.61 Å². The van der Waals surface area contributed by atoms with E-state index in [-0.39, 0.29) is 11.8 Å². The molecule has 0 fully saturated rings. The Morgan fingerprint density at radius 2 is 1.20 bits per heavy atom. The summed E-state index contributed by atoms with van der Waals surface area (Å²) in [6.45, 7) is 13.1. The fourth-order valence-electron chi connectivity index (χ4n) is 2.37. The summed E-state index contributed by atoms with van der Waals surface area (Å²) in [6, 6.07) is -0.00650. The molecule has 25 heavy (non-hydrogen) atoms. The largest absolute Gasteiger partial charge is 0.531 e. The number of ether oxygens (including phenoxy) is 1. The second-order valence-corrected chi connectivity index (χ2v) is 9.51. The molecule has 0 aliphatic rings. The lowest BCUT2D eigenvalue weighted by Crippen LogP contribution is -2.58. The quantitative estimate of drug-likeness (QED) is 0.282. The van der Waals surface area contributed by atoms with E-state index in [9.17, 15) is 0 Å². The number of unbranched alkanes of at least 4 members (excludes halogenated alkanes) is 3. The van der Waals surface area contributed by atoms with E-state index in [1.165, 1.54) is 0 Å². The highest BCUT2D eigenvalue weighted by Crippen LogP contribution is 2.24. The normalized spacial score (nSPS) is 14.6. The monoisotopic (exact) mass is 377 g/mol. The highest BCUT2D eigenvalue weighted by molar-refractivity contribution is 6.62. The molecule has 0 aliphatic carbocycles. The zero-order valence-corrected chi connectivity index (χ0v) is 18.4. The lowest BCUT2D eigenvalue weighted by Gasteiger charge is -2.36. The van der Waals surface area contributed by atoms with Crippen LogP contribution in [0.25, 0.3) is 0 Å². The van der Waals surface area contributed by atoms with Crippen molar-refractivity contribution in [3.8, 4) is 0 Å². The first-order valence-corrected chi connectivity index (χ1v) is 12.1. The van der Waals surface area contributed by atoms with Crippen molar-refractivity contribution in [1.29, 1.82) is 0 Å². The molecule has 0 spiro atoms. The van der Waals surface area contributed by atoms with Crippen LogP contribution in [0.3, 0.4) is 0 Å². The van der Waals surface area contributed by atoms with Crippen molar-refractivity contribution in [2.24, 2.45) is 5.73 Å². The lowest BCUT2D eigenvalue weighted by atomic mass is 10.3. The minimum absolute atomic E-state index is 0.00650. The van der Waals surface area contributed by atoms with Gasteiger partial charge in [0, 0.05) is 25.9 Å². The molecule has 5 nitrogen and oxygen atoms in total. The van der Waals surface area contributed by atoms with E-state index in [0.717, 1.165) is 51.4 Å². The van der Waals surface area contributed by atoms with Gasteiger partial charge in [-0.25, -0.2) is 0 Å². The van der Waals surface area contributed by atoms with Gasteiger partial charge in [-0.05, 0) is 32.6 Å². The number of rotatable bonds is 18. The van der Waals surface area contributed by atoms with Crippen molar-refractivity contribution in [3.05, 3.63) is 0 Å². The minimum Gasteiger partial charge on any atom is -0.372 e. The average Bonchev–Trinajstić information content (AvgIpc) is 2.58. The Bertz CT molecular complexity index is 266. The molecule has 0 aromatic heterocycles. The maximum Gasteiger partial charge on any atom is 0.531 e. The molecule has 2 unspecified atom stereocenters. The van der Waals surface area contributed by atoms with Crippen molar-refractivity contribution in [1.82, 2.24) is 0 Å². The van der Waals surface area contributed by atoms with Gasteiger partial charge in [-0.1, -0.05) is 53.4 Å². The third-order valence-corrected chi connectivity index (χ3v) is 6.97. The first kappa shape index (κ1) is 25.0. The van der Waals surface area contributed by atoms with Gasteiger partial charge < -0.3 is 23.7 Å². The van der Waals surface area contributed by atoms with Crippen molar-refractivity contribution < 1.29 is 18.0 Å². The summed E-state index contributed by atoms with van der Waals surface area (Å²) < 4.78 is 25.2. The van der Waals surface area contributed by atoms with Gasteiger partial charge in [-0.2, -0.15) is 0 Å². The summed E-state index contributed by atoms with van der Waals surface area (Å²) in [7, 11) is -2.90. The third kappa shape index (κ3) is 11.4. The molecule has 0 aliphatic heterocycles. The van der Waals surface area contributed by atoms with Crippen LogP contribution in [0.2, 0.25) is 0 Å². The Labute approximate surface area is 157 Å². The molecule has 0 heterocycles. The summed E-state index contributed by atoms with van der Waals surface area (Å²) in [5, 5.41) is 0. The molecule has 0 aromatic rings. The van der Waals surface area contributed by atoms with Gasteiger partial charge in [0.25, 0.3) is 0 Å². The molecule has 0 bridgehead atoms. The van der Waals surface area contributed by atoms with Gasteiger partial charge in [-0.15, -0.1) is 0 Å². The molecule has 0 saturated carbocycles. The highest BCUT2D eigenvalue weighted by atomic mass is 28.4. The van der Waals surface area contributed by atoms with Crippen LogP contribution in [-0.4, -0.2) is 47.0 Å². The van der Waals surface area contributed by atoms with Crippen LogP contribution in [0.5, 0.6) is 0 Å². The average molecular weight is 378 g/mol. The van der Waals surface area contributed by atoms with E-state index in [4.69, 9.17) is 23.7 Å². The van der Waals surface area contributed by atoms with E-state index in [0.29, 0.717) is 26.4 Å². The van der Waals surface area contributed by atoms with Crippen LogP contribution in [0.4, 0.5) is 0 Å². The molecule has 152 valence electrons. The van der Waals surface area contributed by atoms with E-state index in [1.807, 2.05) is 6.92 Å². The minimum atomic E-state index is -2.90. The van der Waals surface area contributed by atoms with Crippen molar-refractivity contribution in [2.75, 3.05) is 26.4 Å². The molecular formula is C19H43NO4Si. The van der Waals surface area contributed by atoms with Gasteiger partial charge in [-0.3, -0.25) is 0 Å². The van der Waals surface area contributed by atoms with Crippen molar-refractivity contribution >= 4 is 8.80 Å². The Balaban J connectivity index is 5.26. The van der Waals surface area contributed by atoms with Gasteiger partial charge >= 0.3 is 8.80 Å². The SMILES string of the molecule is CCCCO[Si](OCCCC)(OCCCC)C(CCC)OCC(C)N. The highest BCUT2D eigenvalue weighted by Gasteiger charge is 2.50.